The number of aliphatic hydroxyl groups excluding tert-OH is 1. The van der Waals surface area contributed by atoms with Crippen molar-refractivity contribution >= 4 is 5.91 Å². The standard InChI is InChI=1S/C29H31NO8/c1-30(37-5)27(32)23-24(17-9-7-6-8-10-17)29(18-11-13-19(34-2)14-12-18)28(33,26(23)31)25-21(36-4)15-20(35-3)16-22(25)38-29/h6-16,23-24,26,31,33H,1-5H3/t23-,24-,26+,28-,29-/m0/s1. The van der Waals surface area contributed by atoms with E-state index in [1.807, 2.05) is 30.3 Å². The molecule has 2 aliphatic rings. The van der Waals surface area contributed by atoms with Crippen LogP contribution >= 0.6 is 0 Å². The maximum absolute atomic E-state index is 13.8. The van der Waals surface area contributed by atoms with Crippen LogP contribution in [0.4, 0.5) is 0 Å². The van der Waals surface area contributed by atoms with E-state index in [0.29, 0.717) is 22.6 Å². The molecule has 0 radical (unpaired) electrons. The molecule has 1 aliphatic heterocycles. The lowest BCUT2D eigenvalue weighted by molar-refractivity contribution is -0.181. The molecule has 5 rings (SSSR count). The Kier molecular flexibility index (Phi) is 6.46. The van der Waals surface area contributed by atoms with Crippen molar-refractivity contribution < 1.29 is 38.8 Å². The number of rotatable bonds is 7. The Balaban J connectivity index is 1.87. The normalized spacial score (nSPS) is 27.2. The zero-order valence-corrected chi connectivity index (χ0v) is 21.9. The van der Waals surface area contributed by atoms with Crippen molar-refractivity contribution in [2.75, 3.05) is 35.5 Å². The minimum atomic E-state index is -2.11. The zero-order valence-electron chi connectivity index (χ0n) is 21.9. The molecule has 0 aromatic heterocycles. The minimum Gasteiger partial charge on any atom is -0.497 e. The van der Waals surface area contributed by atoms with Crippen LogP contribution in [0.3, 0.4) is 0 Å². The third kappa shape index (κ3) is 3.39. The van der Waals surface area contributed by atoms with Gasteiger partial charge in [-0.15, -0.1) is 0 Å². The molecule has 3 aromatic rings. The molecule has 1 fully saturated rings. The lowest BCUT2D eigenvalue weighted by Gasteiger charge is -2.41. The smallest absolute Gasteiger partial charge is 0.252 e. The average Bonchev–Trinajstić information content (AvgIpc) is 3.34. The number of nitrogens with zero attached hydrogens (tertiary/aromatic N) is 1. The number of carbonyl (C=O) groups is 1. The molecule has 2 N–H and O–H groups in total. The second-order valence-electron chi connectivity index (χ2n) is 9.41. The van der Waals surface area contributed by atoms with Gasteiger partial charge in [0, 0.05) is 25.1 Å². The number of benzene rings is 3. The number of fused-ring (bicyclic) bond motifs is 3. The van der Waals surface area contributed by atoms with E-state index >= 15 is 0 Å². The van der Waals surface area contributed by atoms with Gasteiger partial charge < -0.3 is 29.2 Å². The summed E-state index contributed by atoms with van der Waals surface area (Å²) in [5, 5.41) is 25.9. The van der Waals surface area contributed by atoms with Gasteiger partial charge in [-0.3, -0.25) is 9.63 Å². The van der Waals surface area contributed by atoms with Crippen molar-refractivity contribution in [3.05, 3.63) is 83.4 Å². The van der Waals surface area contributed by atoms with Crippen molar-refractivity contribution in [2.45, 2.75) is 23.2 Å². The van der Waals surface area contributed by atoms with Gasteiger partial charge in [0.15, 0.2) is 11.2 Å². The summed E-state index contributed by atoms with van der Waals surface area (Å²) in [5.74, 6) is -0.903. The molecule has 9 nitrogen and oxygen atoms in total. The van der Waals surface area contributed by atoms with E-state index in [2.05, 4.69) is 0 Å². The number of aliphatic hydroxyl groups is 2. The Bertz CT molecular complexity index is 1330. The van der Waals surface area contributed by atoms with Crippen LogP contribution in [-0.4, -0.2) is 62.8 Å². The molecule has 38 heavy (non-hydrogen) atoms. The quantitative estimate of drug-likeness (QED) is 0.457. The second-order valence-corrected chi connectivity index (χ2v) is 9.41. The Morgan fingerprint density at radius 2 is 1.58 bits per heavy atom. The highest BCUT2D eigenvalue weighted by Gasteiger charge is 2.78. The van der Waals surface area contributed by atoms with Gasteiger partial charge in [0.2, 0.25) is 0 Å². The molecule has 0 bridgehead atoms. The second kappa shape index (κ2) is 9.50. The molecule has 9 heteroatoms. The predicted molar refractivity (Wildman–Crippen MR) is 137 cm³/mol. The Hall–Kier alpha value is -3.79. The first kappa shape index (κ1) is 25.8. The first-order valence-electron chi connectivity index (χ1n) is 12.2. The number of amides is 1. The lowest BCUT2D eigenvalue weighted by Crippen LogP contribution is -2.52. The maximum atomic E-state index is 13.8. The summed E-state index contributed by atoms with van der Waals surface area (Å²) in [6, 6.07) is 19.6. The van der Waals surface area contributed by atoms with Crippen LogP contribution in [0, 0.1) is 5.92 Å². The van der Waals surface area contributed by atoms with Crippen molar-refractivity contribution in [1.29, 1.82) is 0 Å². The fraction of sp³-hybridized carbons (Fsp3) is 0.345. The van der Waals surface area contributed by atoms with Gasteiger partial charge in [0.25, 0.3) is 5.91 Å². The van der Waals surface area contributed by atoms with Gasteiger partial charge in [-0.25, -0.2) is 5.06 Å². The van der Waals surface area contributed by atoms with Crippen LogP contribution in [0.25, 0.3) is 0 Å². The summed E-state index contributed by atoms with van der Waals surface area (Å²) in [6.07, 6.45) is -1.61. The van der Waals surface area contributed by atoms with E-state index in [4.69, 9.17) is 23.8 Å². The van der Waals surface area contributed by atoms with Crippen LogP contribution in [0.5, 0.6) is 23.0 Å². The lowest BCUT2D eigenvalue weighted by atomic mass is 9.70. The molecule has 5 atom stereocenters. The van der Waals surface area contributed by atoms with Crippen molar-refractivity contribution in [3.63, 3.8) is 0 Å². The first-order chi connectivity index (χ1) is 18.3. The highest BCUT2D eigenvalue weighted by molar-refractivity contribution is 5.82. The molecular weight excluding hydrogens is 490 g/mol. The maximum Gasteiger partial charge on any atom is 0.252 e. The Morgan fingerprint density at radius 3 is 2.16 bits per heavy atom. The van der Waals surface area contributed by atoms with Gasteiger partial charge in [-0.05, 0) is 23.3 Å². The molecule has 200 valence electrons. The number of methoxy groups -OCH3 is 3. The van der Waals surface area contributed by atoms with Crippen LogP contribution in [0.1, 0.15) is 22.6 Å². The van der Waals surface area contributed by atoms with E-state index < -0.39 is 35.0 Å². The SMILES string of the molecule is COc1ccc([C@@]23Oc4cc(OC)cc(OC)c4[C@]2(O)[C@H](O)[C@@H](C(=O)N(C)OC)[C@@H]3c2ccccc2)cc1. The van der Waals surface area contributed by atoms with E-state index in [1.54, 1.807) is 43.5 Å². The molecule has 1 amide bonds. The summed E-state index contributed by atoms with van der Waals surface area (Å²) in [5.41, 5.74) is -2.28. The van der Waals surface area contributed by atoms with E-state index in [-0.39, 0.29) is 17.1 Å². The van der Waals surface area contributed by atoms with Gasteiger partial charge in [0.05, 0.1) is 39.9 Å². The van der Waals surface area contributed by atoms with Crippen LogP contribution in [0.2, 0.25) is 0 Å². The molecule has 1 aliphatic carbocycles. The largest absolute Gasteiger partial charge is 0.497 e. The highest BCUT2D eigenvalue weighted by Crippen LogP contribution is 2.70. The van der Waals surface area contributed by atoms with Gasteiger partial charge in [-0.1, -0.05) is 42.5 Å². The average molecular weight is 522 g/mol. The summed E-state index contributed by atoms with van der Waals surface area (Å²) in [7, 11) is 7.37. The monoisotopic (exact) mass is 521 g/mol. The van der Waals surface area contributed by atoms with E-state index in [9.17, 15) is 15.0 Å². The highest BCUT2D eigenvalue weighted by atomic mass is 16.7. The van der Waals surface area contributed by atoms with Crippen molar-refractivity contribution in [3.8, 4) is 23.0 Å². The molecule has 3 aromatic carbocycles. The van der Waals surface area contributed by atoms with Crippen LogP contribution in [-0.2, 0) is 20.8 Å². The Morgan fingerprint density at radius 1 is 0.921 bits per heavy atom. The molecule has 0 unspecified atom stereocenters. The van der Waals surface area contributed by atoms with Crippen molar-refractivity contribution in [2.24, 2.45) is 5.92 Å². The molecule has 1 saturated carbocycles. The zero-order chi connectivity index (χ0) is 27.2. The first-order valence-corrected chi connectivity index (χ1v) is 12.2. The fourth-order valence-corrected chi connectivity index (χ4v) is 6.08. The van der Waals surface area contributed by atoms with Gasteiger partial charge in [0.1, 0.15) is 29.1 Å². The summed E-state index contributed by atoms with van der Waals surface area (Å²) >= 11 is 0. The number of ether oxygens (including phenoxy) is 4. The molecule has 0 spiro atoms. The van der Waals surface area contributed by atoms with Gasteiger partial charge >= 0.3 is 0 Å². The number of hydroxylamine groups is 2. The molecular formula is C29H31NO8. The minimum absolute atomic E-state index is 0.236. The van der Waals surface area contributed by atoms with Crippen LogP contribution in [0.15, 0.2) is 66.7 Å². The van der Waals surface area contributed by atoms with Crippen LogP contribution < -0.4 is 18.9 Å². The summed E-state index contributed by atoms with van der Waals surface area (Å²) in [4.78, 5) is 19.0. The summed E-state index contributed by atoms with van der Waals surface area (Å²) < 4.78 is 23.3. The van der Waals surface area contributed by atoms with Gasteiger partial charge in [-0.2, -0.15) is 0 Å². The molecule has 0 saturated heterocycles. The van der Waals surface area contributed by atoms with E-state index in [1.165, 1.54) is 28.4 Å². The predicted octanol–water partition coefficient (Wildman–Crippen LogP) is 2.98. The fourth-order valence-electron chi connectivity index (χ4n) is 6.08. The molecule has 1 heterocycles. The van der Waals surface area contributed by atoms with E-state index in [0.717, 1.165) is 5.06 Å². The van der Waals surface area contributed by atoms with Crippen molar-refractivity contribution in [1.82, 2.24) is 5.06 Å². The Labute approximate surface area is 221 Å². The number of carbonyl (C=O) groups excluding carboxylic acids is 1. The number of hydrogen-bond donors (Lipinski definition) is 2. The number of hydrogen-bond acceptors (Lipinski definition) is 8. The third-order valence-corrected chi connectivity index (χ3v) is 7.83. The topological polar surface area (TPSA) is 107 Å². The third-order valence-electron chi connectivity index (χ3n) is 7.83. The summed E-state index contributed by atoms with van der Waals surface area (Å²) in [6.45, 7) is 0.